The summed E-state index contributed by atoms with van der Waals surface area (Å²) >= 11 is 1.52. The summed E-state index contributed by atoms with van der Waals surface area (Å²) in [5, 5.41) is 15.4. The third-order valence-corrected chi connectivity index (χ3v) is 6.96. The minimum absolute atomic E-state index is 0.0627. The van der Waals surface area contributed by atoms with Crippen LogP contribution in [0, 0.1) is 24.0 Å². The Kier molecular flexibility index (Phi) is 6.33. The minimum Gasteiger partial charge on any atom is -0.318 e. The first kappa shape index (κ1) is 24.0. The second kappa shape index (κ2) is 9.75. The van der Waals surface area contributed by atoms with Crippen LogP contribution in [-0.2, 0) is 0 Å². The molecule has 2 aromatic heterocycles. The number of benzene rings is 3. The number of H-pyrrole nitrogens is 1. The van der Waals surface area contributed by atoms with Gasteiger partial charge in [-0.15, -0.1) is 4.68 Å². The Labute approximate surface area is 214 Å². The van der Waals surface area contributed by atoms with Crippen molar-refractivity contribution in [3.63, 3.8) is 0 Å². The lowest BCUT2D eigenvalue weighted by atomic mass is 10.2. The maximum absolute atomic E-state index is 12.8. The van der Waals surface area contributed by atoms with Crippen molar-refractivity contribution in [2.75, 3.05) is 0 Å². The zero-order valence-electron chi connectivity index (χ0n) is 19.9. The highest BCUT2D eigenvalue weighted by Crippen LogP contribution is 2.30. The van der Waals surface area contributed by atoms with Gasteiger partial charge in [-0.05, 0) is 68.4 Å². The van der Waals surface area contributed by atoms with E-state index < -0.39 is 16.2 Å². The smallest absolute Gasteiger partial charge is 0.318 e. The molecular weight excluding hydrogens is 490 g/mol. The quantitative estimate of drug-likeness (QED) is 0.195. The zero-order valence-corrected chi connectivity index (χ0v) is 20.7. The van der Waals surface area contributed by atoms with Crippen molar-refractivity contribution < 1.29 is 4.92 Å². The van der Waals surface area contributed by atoms with Crippen LogP contribution in [0.4, 0.5) is 5.69 Å². The molecule has 0 amide bonds. The molecule has 0 fully saturated rings. The molecule has 0 aliphatic rings. The minimum atomic E-state index is -0.602. The Morgan fingerprint density at radius 2 is 1.59 bits per heavy atom. The SMILES string of the molecule is Cc1cc(C=Nn2c(=O)[nH]c3ccccc3c2=O)c(C)n1-c1ccc(Sc2ccc([N+](=O)[O-])cc2)cc1. The van der Waals surface area contributed by atoms with Gasteiger partial charge < -0.3 is 9.55 Å². The Morgan fingerprint density at radius 1 is 0.946 bits per heavy atom. The summed E-state index contributed by atoms with van der Waals surface area (Å²) < 4.78 is 2.90. The van der Waals surface area contributed by atoms with E-state index in [1.54, 1.807) is 36.4 Å². The molecule has 0 aliphatic heterocycles. The number of para-hydroxylation sites is 1. The Bertz CT molecular complexity index is 1780. The van der Waals surface area contributed by atoms with Gasteiger partial charge in [0, 0.05) is 44.6 Å². The maximum atomic E-state index is 12.8. The van der Waals surface area contributed by atoms with Crippen molar-refractivity contribution in [2.45, 2.75) is 23.6 Å². The monoisotopic (exact) mass is 511 g/mol. The van der Waals surface area contributed by atoms with Gasteiger partial charge in [0.1, 0.15) is 0 Å². The Hall–Kier alpha value is -4.70. The number of nitrogens with zero attached hydrogens (tertiary/aromatic N) is 4. The number of nitro groups is 1. The van der Waals surface area contributed by atoms with Gasteiger partial charge in [-0.3, -0.25) is 14.9 Å². The van der Waals surface area contributed by atoms with Gasteiger partial charge in [0.2, 0.25) is 0 Å². The van der Waals surface area contributed by atoms with Gasteiger partial charge in [-0.2, -0.15) is 5.10 Å². The molecule has 37 heavy (non-hydrogen) atoms. The number of non-ortho nitro benzene ring substituents is 1. The number of aromatic amines is 1. The number of hydrogen-bond acceptors (Lipinski definition) is 6. The fourth-order valence-electron chi connectivity index (χ4n) is 4.13. The average molecular weight is 512 g/mol. The van der Waals surface area contributed by atoms with E-state index in [1.807, 2.05) is 44.2 Å². The highest BCUT2D eigenvalue weighted by molar-refractivity contribution is 7.99. The van der Waals surface area contributed by atoms with E-state index in [9.17, 15) is 19.7 Å². The first-order valence-electron chi connectivity index (χ1n) is 11.3. The third-order valence-electron chi connectivity index (χ3n) is 5.94. The van der Waals surface area contributed by atoms with E-state index >= 15 is 0 Å². The molecule has 0 unspecified atom stereocenters. The zero-order chi connectivity index (χ0) is 26.1. The van der Waals surface area contributed by atoms with Gasteiger partial charge in [0.25, 0.3) is 11.2 Å². The molecule has 5 aromatic rings. The molecule has 2 heterocycles. The van der Waals surface area contributed by atoms with Crippen LogP contribution in [0.25, 0.3) is 16.6 Å². The molecule has 0 saturated heterocycles. The van der Waals surface area contributed by atoms with Crippen molar-refractivity contribution in [3.05, 3.63) is 127 Å². The number of rotatable bonds is 6. The van der Waals surface area contributed by atoms with Crippen LogP contribution >= 0.6 is 11.8 Å². The molecule has 0 spiro atoms. The first-order chi connectivity index (χ1) is 17.8. The van der Waals surface area contributed by atoms with Gasteiger partial charge in [0.15, 0.2) is 0 Å². The molecule has 0 bridgehead atoms. The van der Waals surface area contributed by atoms with Crippen molar-refractivity contribution in [2.24, 2.45) is 5.10 Å². The van der Waals surface area contributed by atoms with Crippen LogP contribution in [0.1, 0.15) is 17.0 Å². The van der Waals surface area contributed by atoms with Gasteiger partial charge in [-0.25, -0.2) is 4.79 Å². The second-order valence-corrected chi connectivity index (χ2v) is 9.49. The van der Waals surface area contributed by atoms with Crippen LogP contribution in [0.3, 0.4) is 0 Å². The molecule has 0 saturated carbocycles. The Morgan fingerprint density at radius 3 is 2.27 bits per heavy atom. The fraction of sp³-hybridized carbons (Fsp3) is 0.0741. The molecule has 0 radical (unpaired) electrons. The number of nitrogens with one attached hydrogen (secondary N) is 1. The number of hydrogen-bond donors (Lipinski definition) is 1. The third kappa shape index (κ3) is 4.74. The van der Waals surface area contributed by atoms with Crippen molar-refractivity contribution >= 4 is 34.6 Å². The summed E-state index contributed by atoms with van der Waals surface area (Å²) in [6.07, 6.45) is 1.52. The average Bonchev–Trinajstić information content (AvgIpc) is 3.17. The van der Waals surface area contributed by atoms with E-state index in [2.05, 4.69) is 14.7 Å². The Balaban J connectivity index is 1.40. The summed E-state index contributed by atoms with van der Waals surface area (Å²) in [4.78, 5) is 40.2. The molecule has 1 N–H and O–H groups in total. The fourth-order valence-corrected chi connectivity index (χ4v) is 4.95. The van der Waals surface area contributed by atoms with E-state index in [0.717, 1.165) is 37.1 Å². The summed E-state index contributed by atoms with van der Waals surface area (Å²) in [6.45, 7) is 3.92. The van der Waals surface area contributed by atoms with Gasteiger partial charge in [0.05, 0.1) is 22.0 Å². The van der Waals surface area contributed by atoms with Crippen LogP contribution in [0.15, 0.2) is 103 Å². The molecule has 5 rings (SSSR count). The second-order valence-electron chi connectivity index (χ2n) is 8.35. The summed E-state index contributed by atoms with van der Waals surface area (Å²) in [5.74, 6) is 0. The van der Waals surface area contributed by atoms with Gasteiger partial charge in [-0.1, -0.05) is 23.9 Å². The first-order valence-corrected chi connectivity index (χ1v) is 12.1. The lowest BCUT2D eigenvalue weighted by Crippen LogP contribution is -2.32. The highest BCUT2D eigenvalue weighted by Gasteiger charge is 2.11. The molecule has 9 nitrogen and oxygen atoms in total. The van der Waals surface area contributed by atoms with Crippen molar-refractivity contribution in [1.82, 2.24) is 14.2 Å². The lowest BCUT2D eigenvalue weighted by Gasteiger charge is -2.10. The van der Waals surface area contributed by atoms with Crippen molar-refractivity contribution in [1.29, 1.82) is 0 Å². The maximum Gasteiger partial charge on any atom is 0.349 e. The number of nitro benzene ring substituents is 1. The van der Waals surface area contributed by atoms with Crippen LogP contribution in [0.2, 0.25) is 0 Å². The number of aryl methyl sites for hydroxylation is 1. The molecule has 10 heteroatoms. The molecule has 184 valence electrons. The number of fused-ring (bicyclic) bond motifs is 1. The van der Waals surface area contributed by atoms with Crippen LogP contribution in [0.5, 0.6) is 0 Å². The van der Waals surface area contributed by atoms with E-state index in [-0.39, 0.29) is 5.69 Å². The predicted molar refractivity (Wildman–Crippen MR) is 144 cm³/mol. The largest absolute Gasteiger partial charge is 0.349 e. The van der Waals surface area contributed by atoms with E-state index in [1.165, 1.54) is 30.1 Å². The molecule has 0 atom stereocenters. The lowest BCUT2D eigenvalue weighted by molar-refractivity contribution is -0.384. The molecule has 3 aromatic carbocycles. The predicted octanol–water partition coefficient (Wildman–Crippen LogP) is 5.04. The summed E-state index contributed by atoms with van der Waals surface area (Å²) in [6, 6.07) is 23.2. The molecular formula is C27H21N5O4S. The molecule has 0 aliphatic carbocycles. The van der Waals surface area contributed by atoms with Crippen LogP contribution in [-0.4, -0.2) is 25.4 Å². The topological polar surface area (TPSA) is 115 Å². The summed E-state index contributed by atoms with van der Waals surface area (Å²) in [5.41, 5.74) is 3.05. The normalized spacial score (nSPS) is 11.4. The number of aromatic nitrogens is 3. The van der Waals surface area contributed by atoms with Gasteiger partial charge >= 0.3 is 5.69 Å². The van der Waals surface area contributed by atoms with E-state index in [0.29, 0.717) is 10.9 Å². The summed E-state index contributed by atoms with van der Waals surface area (Å²) in [7, 11) is 0. The van der Waals surface area contributed by atoms with Crippen molar-refractivity contribution in [3.8, 4) is 5.69 Å². The van der Waals surface area contributed by atoms with Crippen LogP contribution < -0.4 is 11.2 Å². The standard InChI is InChI=1S/C27H21N5O4S/c1-17-15-19(16-28-31-26(33)24-5-3-4-6-25(24)29-27(31)34)18(2)30(17)20-7-11-22(12-8-20)37-23-13-9-21(10-14-23)32(35)36/h3-16H,1-2H3,(H,29,34). The van der Waals surface area contributed by atoms with E-state index in [4.69, 9.17) is 0 Å². The highest BCUT2D eigenvalue weighted by atomic mass is 32.2.